The summed E-state index contributed by atoms with van der Waals surface area (Å²) in [5.41, 5.74) is 0.957. The molecule has 0 bridgehead atoms. The first-order valence-electron chi connectivity index (χ1n) is 9.12. The number of benzene rings is 1. The fraction of sp³-hybridized carbons (Fsp3) is 0.611. The minimum Gasteiger partial charge on any atom is -0.371 e. The molecule has 0 aliphatic carbocycles. The zero-order chi connectivity index (χ0) is 19.4. The van der Waals surface area contributed by atoms with Crippen LogP contribution in [0.2, 0.25) is 0 Å². The van der Waals surface area contributed by atoms with E-state index in [9.17, 15) is 22.4 Å². The number of hydrogen-bond donors (Lipinski definition) is 2. The Balaban J connectivity index is 1.36. The van der Waals surface area contributed by atoms with Gasteiger partial charge in [-0.2, -0.15) is 13.2 Å². The summed E-state index contributed by atoms with van der Waals surface area (Å²) in [4.78, 5) is 15.5. The van der Waals surface area contributed by atoms with Crippen molar-refractivity contribution in [3.8, 4) is 0 Å². The second-order valence-electron chi connectivity index (χ2n) is 7.27. The molecule has 9 heteroatoms. The SMILES string of the molecule is O=C(NC[C@@H]1CCN(c2ccc(F)cc2)C1)N[C@H]1CCN(CC(F)(F)F)C1. The van der Waals surface area contributed by atoms with E-state index in [1.165, 1.54) is 17.0 Å². The molecule has 27 heavy (non-hydrogen) atoms. The Morgan fingerprint density at radius 1 is 1.11 bits per heavy atom. The maximum absolute atomic E-state index is 13.0. The van der Waals surface area contributed by atoms with Gasteiger partial charge in [0.05, 0.1) is 6.54 Å². The van der Waals surface area contributed by atoms with Gasteiger partial charge < -0.3 is 15.5 Å². The Bertz CT molecular complexity index is 637. The predicted octanol–water partition coefficient (Wildman–Crippen LogP) is 2.59. The molecule has 3 rings (SSSR count). The maximum atomic E-state index is 13.0. The Morgan fingerprint density at radius 2 is 1.85 bits per heavy atom. The minimum atomic E-state index is -4.21. The summed E-state index contributed by atoms with van der Waals surface area (Å²) in [6.07, 6.45) is -2.78. The molecule has 0 aromatic heterocycles. The van der Waals surface area contributed by atoms with Gasteiger partial charge in [0.1, 0.15) is 5.82 Å². The fourth-order valence-corrected chi connectivity index (χ4v) is 3.71. The lowest BCUT2D eigenvalue weighted by molar-refractivity contribution is -0.143. The van der Waals surface area contributed by atoms with Crippen LogP contribution in [0.1, 0.15) is 12.8 Å². The van der Waals surface area contributed by atoms with Crippen LogP contribution in [0.5, 0.6) is 0 Å². The number of alkyl halides is 3. The number of amides is 2. The van der Waals surface area contributed by atoms with Crippen molar-refractivity contribution in [1.82, 2.24) is 15.5 Å². The lowest BCUT2D eigenvalue weighted by atomic mass is 10.1. The lowest BCUT2D eigenvalue weighted by Gasteiger charge is -2.20. The van der Waals surface area contributed by atoms with E-state index in [1.54, 1.807) is 12.1 Å². The van der Waals surface area contributed by atoms with Crippen LogP contribution in [0.3, 0.4) is 0 Å². The standard InChI is InChI=1S/C18H24F4N4O/c19-14-1-3-16(4-2-14)26-8-5-13(10-26)9-23-17(27)24-15-6-7-25(11-15)12-18(20,21)22/h1-4,13,15H,5-12H2,(H2,23,24,27)/t13-,15-/m0/s1. The summed E-state index contributed by atoms with van der Waals surface area (Å²) in [5.74, 6) is 0.0136. The maximum Gasteiger partial charge on any atom is 0.401 e. The van der Waals surface area contributed by atoms with Crippen LogP contribution in [-0.2, 0) is 0 Å². The number of rotatable bonds is 5. The van der Waals surface area contributed by atoms with E-state index in [0.717, 1.165) is 25.2 Å². The normalized spacial score (nSPS) is 23.6. The van der Waals surface area contributed by atoms with Crippen LogP contribution in [-0.4, -0.2) is 62.4 Å². The molecule has 2 fully saturated rings. The highest BCUT2D eigenvalue weighted by Crippen LogP contribution is 2.23. The van der Waals surface area contributed by atoms with Gasteiger partial charge in [0.2, 0.25) is 0 Å². The minimum absolute atomic E-state index is 0.217. The molecular formula is C18H24F4N4O. The molecular weight excluding hydrogens is 364 g/mol. The lowest BCUT2D eigenvalue weighted by Crippen LogP contribution is -2.45. The zero-order valence-electron chi connectivity index (χ0n) is 14.9. The molecule has 0 spiro atoms. The Kier molecular flexibility index (Phi) is 6.08. The molecule has 1 aromatic rings. The molecule has 0 radical (unpaired) electrons. The van der Waals surface area contributed by atoms with E-state index in [1.807, 2.05) is 0 Å². The van der Waals surface area contributed by atoms with Crippen molar-refractivity contribution in [2.45, 2.75) is 25.1 Å². The molecule has 2 N–H and O–H groups in total. The first kappa shape index (κ1) is 19.7. The van der Waals surface area contributed by atoms with E-state index in [2.05, 4.69) is 15.5 Å². The molecule has 0 saturated carbocycles. The van der Waals surface area contributed by atoms with Crippen molar-refractivity contribution in [3.05, 3.63) is 30.1 Å². The predicted molar refractivity (Wildman–Crippen MR) is 94.2 cm³/mol. The number of carbonyl (C=O) groups is 1. The third-order valence-electron chi connectivity index (χ3n) is 5.04. The first-order valence-corrected chi connectivity index (χ1v) is 9.12. The van der Waals surface area contributed by atoms with Gasteiger partial charge >= 0.3 is 12.2 Å². The third-order valence-corrected chi connectivity index (χ3v) is 5.04. The monoisotopic (exact) mass is 388 g/mol. The molecule has 2 aliphatic heterocycles. The molecule has 150 valence electrons. The van der Waals surface area contributed by atoms with Crippen LogP contribution >= 0.6 is 0 Å². The molecule has 2 aliphatic rings. The van der Waals surface area contributed by atoms with Gasteiger partial charge in [-0.05, 0) is 43.0 Å². The van der Waals surface area contributed by atoms with Crippen molar-refractivity contribution >= 4 is 11.7 Å². The smallest absolute Gasteiger partial charge is 0.371 e. The molecule has 2 heterocycles. The second-order valence-corrected chi connectivity index (χ2v) is 7.27. The molecule has 0 unspecified atom stereocenters. The number of carbonyl (C=O) groups excluding carboxylic acids is 1. The van der Waals surface area contributed by atoms with Crippen LogP contribution in [0, 0.1) is 11.7 Å². The molecule has 2 amide bonds. The number of nitrogens with zero attached hydrogens (tertiary/aromatic N) is 2. The summed E-state index contributed by atoms with van der Waals surface area (Å²) in [6.45, 7) is 1.73. The number of nitrogens with one attached hydrogen (secondary N) is 2. The average Bonchev–Trinajstić information content (AvgIpc) is 3.22. The van der Waals surface area contributed by atoms with E-state index >= 15 is 0 Å². The molecule has 1 aromatic carbocycles. The van der Waals surface area contributed by atoms with Crippen molar-refractivity contribution in [2.75, 3.05) is 44.2 Å². The van der Waals surface area contributed by atoms with E-state index in [0.29, 0.717) is 19.5 Å². The quantitative estimate of drug-likeness (QED) is 0.763. The highest BCUT2D eigenvalue weighted by Gasteiger charge is 2.34. The Morgan fingerprint density at radius 3 is 2.56 bits per heavy atom. The summed E-state index contributed by atoms with van der Waals surface area (Å²) >= 11 is 0. The highest BCUT2D eigenvalue weighted by atomic mass is 19.4. The molecule has 2 atom stereocenters. The summed E-state index contributed by atoms with van der Waals surface area (Å²) < 4.78 is 50.2. The fourth-order valence-electron chi connectivity index (χ4n) is 3.71. The highest BCUT2D eigenvalue weighted by molar-refractivity contribution is 5.74. The topological polar surface area (TPSA) is 47.6 Å². The van der Waals surface area contributed by atoms with Crippen LogP contribution < -0.4 is 15.5 Å². The van der Waals surface area contributed by atoms with E-state index in [4.69, 9.17) is 0 Å². The average molecular weight is 388 g/mol. The van der Waals surface area contributed by atoms with Gasteiger partial charge in [-0.3, -0.25) is 4.90 Å². The summed E-state index contributed by atoms with van der Waals surface area (Å²) in [7, 11) is 0. The van der Waals surface area contributed by atoms with Crippen LogP contribution in [0.25, 0.3) is 0 Å². The Labute approximate surface area is 155 Å². The molecule has 2 saturated heterocycles. The van der Waals surface area contributed by atoms with Crippen molar-refractivity contribution in [3.63, 3.8) is 0 Å². The van der Waals surface area contributed by atoms with E-state index < -0.39 is 12.7 Å². The summed E-state index contributed by atoms with van der Waals surface area (Å²) in [6, 6.07) is 5.74. The van der Waals surface area contributed by atoms with Gasteiger partial charge in [-0.1, -0.05) is 0 Å². The number of urea groups is 1. The number of hydrogen-bond acceptors (Lipinski definition) is 3. The number of halogens is 4. The van der Waals surface area contributed by atoms with Crippen LogP contribution in [0.4, 0.5) is 28.0 Å². The van der Waals surface area contributed by atoms with Crippen molar-refractivity contribution in [1.29, 1.82) is 0 Å². The zero-order valence-corrected chi connectivity index (χ0v) is 14.9. The number of anilines is 1. The first-order chi connectivity index (χ1) is 12.8. The van der Waals surface area contributed by atoms with Crippen molar-refractivity contribution in [2.24, 2.45) is 5.92 Å². The third kappa shape index (κ3) is 5.98. The largest absolute Gasteiger partial charge is 0.401 e. The van der Waals surface area contributed by atoms with Gasteiger partial charge in [0.15, 0.2) is 0 Å². The number of likely N-dealkylation sites (tertiary alicyclic amines) is 1. The van der Waals surface area contributed by atoms with Gasteiger partial charge in [0, 0.05) is 44.5 Å². The van der Waals surface area contributed by atoms with E-state index in [-0.39, 0.29) is 30.4 Å². The Hall–Kier alpha value is -2.03. The van der Waals surface area contributed by atoms with Gasteiger partial charge in [-0.15, -0.1) is 0 Å². The molecule has 5 nitrogen and oxygen atoms in total. The van der Waals surface area contributed by atoms with Gasteiger partial charge in [-0.25, -0.2) is 9.18 Å². The van der Waals surface area contributed by atoms with Gasteiger partial charge in [0.25, 0.3) is 0 Å². The second kappa shape index (κ2) is 8.33. The van der Waals surface area contributed by atoms with Crippen LogP contribution in [0.15, 0.2) is 24.3 Å². The van der Waals surface area contributed by atoms with Crippen molar-refractivity contribution < 1.29 is 22.4 Å². The summed E-state index contributed by atoms with van der Waals surface area (Å²) in [5, 5.41) is 5.57.